The zero-order valence-corrected chi connectivity index (χ0v) is 12.2. The number of carbonyl (C=O) groups is 1. The van der Waals surface area contributed by atoms with Gasteiger partial charge in [0.2, 0.25) is 0 Å². The third-order valence-electron chi connectivity index (χ3n) is 4.79. The number of aromatic amines is 1. The molecule has 3 aliphatic rings. The minimum atomic E-state index is 0. The lowest BCUT2D eigenvalue weighted by Gasteiger charge is -2.44. The molecule has 2 aromatic rings. The molecule has 0 aliphatic carbocycles. The number of Topliss-reactive ketones (excluding diaryl/α,β-unsaturated/α-hetero) is 1. The van der Waals surface area contributed by atoms with Gasteiger partial charge in [0.05, 0.1) is 6.04 Å². The van der Waals surface area contributed by atoms with Gasteiger partial charge in [-0.15, -0.1) is 12.4 Å². The number of hydrogen-bond donors (Lipinski definition) is 1. The fraction of sp³-hybridized carbons (Fsp3) is 0.438. The Balaban J connectivity index is 0.00000121. The van der Waals surface area contributed by atoms with E-state index in [0.717, 1.165) is 32.4 Å². The van der Waals surface area contributed by atoms with Crippen molar-refractivity contribution in [3.63, 3.8) is 0 Å². The van der Waals surface area contributed by atoms with E-state index in [0.29, 0.717) is 11.7 Å². The summed E-state index contributed by atoms with van der Waals surface area (Å²) < 4.78 is 0. The molecule has 3 aliphatic heterocycles. The van der Waals surface area contributed by atoms with Gasteiger partial charge < -0.3 is 4.98 Å². The number of nitrogens with zero attached hydrogens (tertiary/aromatic N) is 1. The standard InChI is InChI=1S/C16H18N2O.ClH/c19-16-11-5-7-18(8-6-11)15(16)9-12-10-17-14-4-2-1-3-13(12)14;/h1-4,10-11,15,17H,5-9H2;1H. The van der Waals surface area contributed by atoms with Crippen LogP contribution in [0.1, 0.15) is 18.4 Å². The number of fused-ring (bicyclic) bond motifs is 4. The Morgan fingerprint density at radius 3 is 2.70 bits per heavy atom. The van der Waals surface area contributed by atoms with E-state index >= 15 is 0 Å². The lowest BCUT2D eigenvalue weighted by atomic mass is 9.80. The highest BCUT2D eigenvalue weighted by Gasteiger charge is 2.40. The summed E-state index contributed by atoms with van der Waals surface area (Å²) in [4.78, 5) is 18.1. The number of aromatic nitrogens is 1. The molecule has 0 saturated carbocycles. The maximum absolute atomic E-state index is 12.4. The van der Waals surface area contributed by atoms with Gasteiger partial charge in [-0.1, -0.05) is 18.2 Å². The van der Waals surface area contributed by atoms with Crippen molar-refractivity contribution in [3.05, 3.63) is 36.0 Å². The molecule has 4 heterocycles. The average molecular weight is 291 g/mol. The van der Waals surface area contributed by atoms with Gasteiger partial charge in [-0.05, 0) is 44.0 Å². The molecule has 20 heavy (non-hydrogen) atoms. The summed E-state index contributed by atoms with van der Waals surface area (Å²) in [6.07, 6.45) is 5.08. The predicted octanol–water partition coefficient (Wildman–Crippen LogP) is 2.80. The highest BCUT2D eigenvalue weighted by atomic mass is 35.5. The second-order valence-electron chi connectivity index (χ2n) is 5.79. The van der Waals surface area contributed by atoms with E-state index < -0.39 is 0 Å². The Hall–Kier alpha value is -1.32. The van der Waals surface area contributed by atoms with Gasteiger partial charge in [-0.2, -0.15) is 0 Å². The molecule has 3 nitrogen and oxygen atoms in total. The first-order valence-corrected chi connectivity index (χ1v) is 7.16. The summed E-state index contributed by atoms with van der Waals surface area (Å²) in [6, 6.07) is 8.46. The van der Waals surface area contributed by atoms with Crippen molar-refractivity contribution in [1.29, 1.82) is 0 Å². The number of piperidine rings is 3. The maximum Gasteiger partial charge on any atom is 0.153 e. The fourth-order valence-corrected chi connectivity index (χ4v) is 3.69. The van der Waals surface area contributed by atoms with Gasteiger partial charge >= 0.3 is 0 Å². The first-order valence-electron chi connectivity index (χ1n) is 7.16. The van der Waals surface area contributed by atoms with Gasteiger partial charge in [-0.3, -0.25) is 9.69 Å². The van der Waals surface area contributed by atoms with Crippen molar-refractivity contribution >= 4 is 29.1 Å². The van der Waals surface area contributed by atoms with Crippen LogP contribution in [0.3, 0.4) is 0 Å². The normalized spacial score (nSPS) is 28.6. The third-order valence-corrected chi connectivity index (χ3v) is 4.79. The van der Waals surface area contributed by atoms with Crippen LogP contribution in [0, 0.1) is 5.92 Å². The molecule has 0 radical (unpaired) electrons. The van der Waals surface area contributed by atoms with E-state index in [4.69, 9.17) is 0 Å². The zero-order chi connectivity index (χ0) is 12.8. The molecule has 1 aromatic carbocycles. The first kappa shape index (κ1) is 13.7. The van der Waals surface area contributed by atoms with Crippen LogP contribution in [0.15, 0.2) is 30.5 Å². The minimum absolute atomic E-state index is 0. The summed E-state index contributed by atoms with van der Waals surface area (Å²) in [5, 5.41) is 1.26. The third kappa shape index (κ3) is 2.05. The molecule has 3 saturated heterocycles. The number of para-hydroxylation sites is 1. The lowest BCUT2D eigenvalue weighted by molar-refractivity contribution is -0.136. The van der Waals surface area contributed by atoms with Crippen LogP contribution in [0.5, 0.6) is 0 Å². The average Bonchev–Trinajstić information content (AvgIpc) is 2.87. The van der Waals surface area contributed by atoms with Crippen LogP contribution in [0.4, 0.5) is 0 Å². The molecule has 1 atom stereocenters. The molecular weight excluding hydrogens is 272 g/mol. The van der Waals surface area contributed by atoms with Gasteiger partial charge in [0.15, 0.2) is 5.78 Å². The van der Waals surface area contributed by atoms with Crippen LogP contribution in [0.25, 0.3) is 10.9 Å². The van der Waals surface area contributed by atoms with Crippen LogP contribution in [-0.4, -0.2) is 34.8 Å². The van der Waals surface area contributed by atoms with Gasteiger partial charge in [0.1, 0.15) is 0 Å². The van der Waals surface area contributed by atoms with E-state index in [1.54, 1.807) is 0 Å². The SMILES string of the molecule is Cl.O=C1C2CCN(CC2)C1Cc1c[nH]c2ccccc12. The Kier molecular flexibility index (Phi) is 3.57. The van der Waals surface area contributed by atoms with Gasteiger partial charge in [-0.25, -0.2) is 0 Å². The highest BCUT2D eigenvalue weighted by molar-refractivity contribution is 5.89. The van der Waals surface area contributed by atoms with Crippen molar-refractivity contribution in [2.45, 2.75) is 25.3 Å². The molecule has 1 N–H and O–H groups in total. The van der Waals surface area contributed by atoms with Crippen LogP contribution in [-0.2, 0) is 11.2 Å². The molecule has 0 amide bonds. The number of halogens is 1. The van der Waals surface area contributed by atoms with Crippen molar-refractivity contribution in [2.75, 3.05) is 13.1 Å². The number of carbonyl (C=O) groups excluding carboxylic acids is 1. The summed E-state index contributed by atoms with van der Waals surface area (Å²) >= 11 is 0. The maximum atomic E-state index is 12.4. The largest absolute Gasteiger partial charge is 0.361 e. The molecule has 3 fully saturated rings. The number of H-pyrrole nitrogens is 1. The van der Waals surface area contributed by atoms with Crippen LogP contribution < -0.4 is 0 Å². The van der Waals surface area contributed by atoms with Crippen molar-refractivity contribution in [3.8, 4) is 0 Å². The number of hydrogen-bond acceptors (Lipinski definition) is 2. The summed E-state index contributed by atoms with van der Waals surface area (Å²) in [5.74, 6) is 0.808. The summed E-state index contributed by atoms with van der Waals surface area (Å²) in [5.41, 5.74) is 2.45. The van der Waals surface area contributed by atoms with E-state index in [-0.39, 0.29) is 18.4 Å². The number of benzene rings is 1. The fourth-order valence-electron chi connectivity index (χ4n) is 3.69. The molecule has 0 spiro atoms. The molecular formula is C16H19ClN2O. The summed E-state index contributed by atoms with van der Waals surface area (Å²) in [7, 11) is 0. The Morgan fingerprint density at radius 1 is 1.20 bits per heavy atom. The first-order chi connectivity index (χ1) is 9.33. The highest BCUT2D eigenvalue weighted by Crippen LogP contribution is 2.31. The van der Waals surface area contributed by atoms with Crippen LogP contribution >= 0.6 is 12.4 Å². The van der Waals surface area contributed by atoms with Gasteiger partial charge in [0.25, 0.3) is 0 Å². The Labute approximate surface area is 124 Å². The number of ketones is 1. The topological polar surface area (TPSA) is 36.1 Å². The molecule has 106 valence electrons. The predicted molar refractivity (Wildman–Crippen MR) is 82.3 cm³/mol. The second kappa shape index (κ2) is 5.23. The quantitative estimate of drug-likeness (QED) is 0.923. The van der Waals surface area contributed by atoms with Crippen LogP contribution in [0.2, 0.25) is 0 Å². The lowest BCUT2D eigenvalue weighted by Crippen LogP contribution is -2.56. The Bertz CT molecular complexity index is 628. The number of rotatable bonds is 2. The van der Waals surface area contributed by atoms with Crippen molar-refractivity contribution in [1.82, 2.24) is 9.88 Å². The van der Waals surface area contributed by atoms with Crippen molar-refractivity contribution in [2.24, 2.45) is 5.92 Å². The smallest absolute Gasteiger partial charge is 0.153 e. The Morgan fingerprint density at radius 2 is 1.95 bits per heavy atom. The van der Waals surface area contributed by atoms with E-state index in [1.165, 1.54) is 16.5 Å². The molecule has 2 bridgehead atoms. The van der Waals surface area contributed by atoms with Gasteiger partial charge in [0, 0.05) is 23.0 Å². The number of nitrogens with one attached hydrogen (secondary N) is 1. The minimum Gasteiger partial charge on any atom is -0.361 e. The van der Waals surface area contributed by atoms with E-state index in [1.807, 2.05) is 6.07 Å². The second-order valence-corrected chi connectivity index (χ2v) is 5.79. The van der Waals surface area contributed by atoms with Crippen molar-refractivity contribution < 1.29 is 4.79 Å². The zero-order valence-electron chi connectivity index (χ0n) is 11.3. The molecule has 1 aromatic heterocycles. The van der Waals surface area contributed by atoms with E-state index in [2.05, 4.69) is 34.3 Å². The molecule has 1 unspecified atom stereocenters. The molecule has 4 heteroatoms. The summed E-state index contributed by atoms with van der Waals surface area (Å²) in [6.45, 7) is 2.20. The molecule has 5 rings (SSSR count). The van der Waals surface area contributed by atoms with E-state index in [9.17, 15) is 4.79 Å². The monoisotopic (exact) mass is 290 g/mol.